The molecule has 1 atom stereocenters. The summed E-state index contributed by atoms with van der Waals surface area (Å²) in [6, 6.07) is 4.87. The quantitative estimate of drug-likeness (QED) is 0.746. The maximum Gasteiger partial charge on any atom is 0.148 e. The van der Waals surface area contributed by atoms with Gasteiger partial charge in [-0.2, -0.15) is 0 Å². The molecule has 3 N–H and O–H groups in total. The number of halogens is 1. The van der Waals surface area contributed by atoms with Gasteiger partial charge >= 0.3 is 0 Å². The maximum absolute atomic E-state index is 13.4. The molecule has 0 amide bonds. The van der Waals surface area contributed by atoms with Crippen molar-refractivity contribution in [3.05, 3.63) is 24.0 Å². The fourth-order valence-corrected chi connectivity index (χ4v) is 1.51. The first-order valence-corrected chi connectivity index (χ1v) is 4.95. The zero-order valence-corrected chi connectivity index (χ0v) is 9.42. The minimum atomic E-state index is -0.305. The first kappa shape index (κ1) is 11.8. The summed E-state index contributed by atoms with van der Waals surface area (Å²) in [5.74, 6) is -0.305. The summed E-state index contributed by atoms with van der Waals surface area (Å²) in [4.78, 5) is 2.05. The number of anilines is 2. The minimum absolute atomic E-state index is 0.193. The van der Waals surface area contributed by atoms with Gasteiger partial charge in [0.1, 0.15) is 5.82 Å². The Morgan fingerprint density at radius 2 is 2.13 bits per heavy atom. The van der Waals surface area contributed by atoms with E-state index in [2.05, 4.69) is 5.32 Å². The van der Waals surface area contributed by atoms with Crippen LogP contribution in [0.4, 0.5) is 15.8 Å². The van der Waals surface area contributed by atoms with E-state index >= 15 is 0 Å². The molecule has 0 saturated heterocycles. The first-order valence-electron chi connectivity index (χ1n) is 4.95. The first-order chi connectivity index (χ1) is 6.99. The van der Waals surface area contributed by atoms with Crippen molar-refractivity contribution in [2.45, 2.75) is 13.0 Å². The van der Waals surface area contributed by atoms with Crippen molar-refractivity contribution in [1.82, 2.24) is 4.90 Å². The van der Waals surface area contributed by atoms with Crippen LogP contribution in [-0.2, 0) is 0 Å². The van der Waals surface area contributed by atoms with Crippen LogP contribution in [0.1, 0.15) is 6.92 Å². The number of nitrogens with two attached hydrogens (primary N) is 1. The molecule has 15 heavy (non-hydrogen) atoms. The monoisotopic (exact) mass is 211 g/mol. The van der Waals surface area contributed by atoms with Crippen LogP contribution in [0.25, 0.3) is 0 Å². The smallest absolute Gasteiger partial charge is 0.148 e. The summed E-state index contributed by atoms with van der Waals surface area (Å²) in [5, 5.41) is 3.10. The molecule has 84 valence electrons. The molecule has 0 aromatic heterocycles. The van der Waals surface area contributed by atoms with Crippen LogP contribution in [0.5, 0.6) is 0 Å². The minimum Gasteiger partial charge on any atom is -0.399 e. The van der Waals surface area contributed by atoms with Gasteiger partial charge in [0.2, 0.25) is 0 Å². The fraction of sp³-hybridized carbons (Fsp3) is 0.455. The van der Waals surface area contributed by atoms with Crippen LogP contribution in [0.15, 0.2) is 18.2 Å². The van der Waals surface area contributed by atoms with Crippen molar-refractivity contribution in [2.75, 3.05) is 31.7 Å². The lowest BCUT2D eigenvalue weighted by Crippen LogP contribution is -2.29. The Morgan fingerprint density at radius 3 is 2.67 bits per heavy atom. The van der Waals surface area contributed by atoms with Crippen molar-refractivity contribution in [1.29, 1.82) is 0 Å². The molecule has 0 aliphatic heterocycles. The third-order valence-corrected chi connectivity index (χ3v) is 2.03. The second-order valence-electron chi connectivity index (χ2n) is 4.05. The van der Waals surface area contributed by atoms with E-state index < -0.39 is 0 Å². The number of hydrogen-bond acceptors (Lipinski definition) is 3. The average molecular weight is 211 g/mol. The van der Waals surface area contributed by atoms with E-state index in [1.807, 2.05) is 25.9 Å². The van der Waals surface area contributed by atoms with Crippen LogP contribution in [0, 0.1) is 5.82 Å². The molecule has 0 aliphatic rings. The highest BCUT2D eigenvalue weighted by Gasteiger charge is 2.07. The Balaban J connectivity index is 2.64. The summed E-state index contributed by atoms with van der Waals surface area (Å²) in [5.41, 5.74) is 6.40. The van der Waals surface area contributed by atoms with Gasteiger partial charge in [0.25, 0.3) is 0 Å². The van der Waals surface area contributed by atoms with Gasteiger partial charge < -0.3 is 16.0 Å². The lowest BCUT2D eigenvalue weighted by molar-refractivity contribution is 0.391. The van der Waals surface area contributed by atoms with E-state index in [9.17, 15) is 4.39 Å². The summed E-state index contributed by atoms with van der Waals surface area (Å²) < 4.78 is 13.4. The van der Waals surface area contributed by atoms with Gasteiger partial charge in [-0.1, -0.05) is 0 Å². The van der Waals surface area contributed by atoms with Crippen molar-refractivity contribution in [3.63, 3.8) is 0 Å². The highest BCUT2D eigenvalue weighted by molar-refractivity contribution is 5.53. The lowest BCUT2D eigenvalue weighted by atomic mass is 10.2. The third kappa shape index (κ3) is 3.75. The van der Waals surface area contributed by atoms with E-state index in [-0.39, 0.29) is 11.9 Å². The number of benzene rings is 1. The summed E-state index contributed by atoms with van der Waals surface area (Å²) in [7, 11) is 3.97. The van der Waals surface area contributed by atoms with Crippen molar-refractivity contribution < 1.29 is 4.39 Å². The molecule has 4 heteroatoms. The van der Waals surface area contributed by atoms with Gasteiger partial charge in [0, 0.05) is 18.3 Å². The molecule has 0 bridgehead atoms. The van der Waals surface area contributed by atoms with Crippen LogP contribution in [0.3, 0.4) is 0 Å². The molecule has 1 aromatic carbocycles. The number of hydrogen-bond donors (Lipinski definition) is 2. The molecule has 0 fully saturated rings. The molecule has 1 unspecified atom stereocenters. The van der Waals surface area contributed by atoms with Gasteiger partial charge in [-0.15, -0.1) is 0 Å². The van der Waals surface area contributed by atoms with E-state index in [1.165, 1.54) is 6.07 Å². The zero-order valence-electron chi connectivity index (χ0n) is 9.42. The number of likely N-dealkylation sites (N-methyl/N-ethyl adjacent to an activating group) is 1. The molecule has 0 radical (unpaired) electrons. The Morgan fingerprint density at radius 1 is 1.47 bits per heavy atom. The molecule has 0 saturated carbocycles. The molecule has 1 rings (SSSR count). The SMILES string of the molecule is CC(CN(C)C)Nc1ccc(N)cc1F. The fourth-order valence-electron chi connectivity index (χ4n) is 1.51. The van der Waals surface area contributed by atoms with E-state index in [1.54, 1.807) is 12.1 Å². The standard InChI is InChI=1S/C11H18FN3/c1-8(7-15(2)3)14-11-5-4-9(13)6-10(11)12/h4-6,8,14H,7,13H2,1-3H3. The van der Waals surface area contributed by atoms with E-state index in [0.717, 1.165) is 6.54 Å². The molecular weight excluding hydrogens is 193 g/mol. The summed E-state index contributed by atoms with van der Waals surface area (Å²) >= 11 is 0. The van der Waals surface area contributed by atoms with Crippen molar-refractivity contribution in [3.8, 4) is 0 Å². The predicted molar refractivity (Wildman–Crippen MR) is 62.5 cm³/mol. The summed E-state index contributed by atoms with van der Waals surface area (Å²) in [6.07, 6.45) is 0. The topological polar surface area (TPSA) is 41.3 Å². The van der Waals surface area contributed by atoms with Crippen molar-refractivity contribution in [2.24, 2.45) is 0 Å². The van der Waals surface area contributed by atoms with Crippen LogP contribution >= 0.6 is 0 Å². The summed E-state index contributed by atoms with van der Waals surface area (Å²) in [6.45, 7) is 2.86. The van der Waals surface area contributed by atoms with Gasteiger partial charge in [0.15, 0.2) is 0 Å². The molecular formula is C11H18FN3. The average Bonchev–Trinajstić information content (AvgIpc) is 2.08. The zero-order chi connectivity index (χ0) is 11.4. The second kappa shape index (κ2) is 4.98. The molecule has 3 nitrogen and oxygen atoms in total. The Bertz CT molecular complexity index is 326. The molecule has 0 heterocycles. The maximum atomic E-state index is 13.4. The number of nitrogens with one attached hydrogen (secondary N) is 1. The van der Waals surface area contributed by atoms with Crippen molar-refractivity contribution >= 4 is 11.4 Å². The molecule has 1 aromatic rings. The van der Waals surface area contributed by atoms with Crippen LogP contribution in [-0.4, -0.2) is 31.6 Å². The Hall–Kier alpha value is -1.29. The normalized spacial score (nSPS) is 12.9. The lowest BCUT2D eigenvalue weighted by Gasteiger charge is -2.19. The van der Waals surface area contributed by atoms with Crippen LogP contribution in [0.2, 0.25) is 0 Å². The van der Waals surface area contributed by atoms with Gasteiger partial charge in [-0.05, 0) is 39.2 Å². The predicted octanol–water partition coefficient (Wildman–Crippen LogP) is 1.77. The van der Waals surface area contributed by atoms with Gasteiger partial charge in [-0.25, -0.2) is 4.39 Å². The molecule has 0 spiro atoms. The van der Waals surface area contributed by atoms with Gasteiger partial charge in [-0.3, -0.25) is 0 Å². The van der Waals surface area contributed by atoms with E-state index in [0.29, 0.717) is 11.4 Å². The Labute approximate surface area is 90.1 Å². The van der Waals surface area contributed by atoms with Gasteiger partial charge in [0.05, 0.1) is 5.69 Å². The van der Waals surface area contributed by atoms with E-state index in [4.69, 9.17) is 5.73 Å². The second-order valence-corrected chi connectivity index (χ2v) is 4.05. The highest BCUT2D eigenvalue weighted by Crippen LogP contribution is 2.17. The van der Waals surface area contributed by atoms with Crippen LogP contribution < -0.4 is 11.1 Å². The molecule has 0 aliphatic carbocycles. The highest BCUT2D eigenvalue weighted by atomic mass is 19.1. The third-order valence-electron chi connectivity index (χ3n) is 2.03. The number of nitrogens with zero attached hydrogens (tertiary/aromatic N) is 1. The number of rotatable bonds is 4. The Kier molecular flexibility index (Phi) is 3.91. The number of nitrogen functional groups attached to an aromatic ring is 1. The largest absolute Gasteiger partial charge is 0.399 e.